The molecule has 2 aromatic rings. The number of rotatable bonds is 0. The molecule has 1 radical (unpaired) electrons. The molecule has 0 N–H and O–H groups in total. The molecule has 0 bridgehead atoms. The second-order valence-electron chi connectivity index (χ2n) is 2.96. The van der Waals surface area contributed by atoms with Gasteiger partial charge in [0.2, 0.25) is 0 Å². The minimum Gasteiger partial charge on any atom is -0.0798 e. The van der Waals surface area contributed by atoms with Crippen LogP contribution < -0.4 is 0 Å². The molecule has 0 spiro atoms. The fraction of sp³-hybridized carbons (Fsp3) is 0.0909. The van der Waals surface area contributed by atoms with Crippen molar-refractivity contribution in [2.75, 3.05) is 0 Å². The van der Waals surface area contributed by atoms with Crippen LogP contribution in [-0.2, 0) is 0 Å². The first-order chi connectivity index (χ1) is 5.77. The molecule has 1 heteroatoms. The Morgan fingerprint density at radius 3 is 2.25 bits per heavy atom. The third kappa shape index (κ3) is 1.16. The molecular formula is C11H9S. The first kappa shape index (κ1) is 7.56. The summed E-state index contributed by atoms with van der Waals surface area (Å²) in [5.41, 5.74) is 1.18. The lowest BCUT2D eigenvalue weighted by Gasteiger charge is -2.00. The van der Waals surface area contributed by atoms with Crippen molar-refractivity contribution < 1.29 is 0 Å². The predicted molar refractivity (Wildman–Crippen MR) is 54.5 cm³/mol. The van der Waals surface area contributed by atoms with Gasteiger partial charge < -0.3 is 0 Å². The first-order valence-corrected chi connectivity index (χ1v) is 4.34. The fourth-order valence-corrected chi connectivity index (χ4v) is 1.52. The second-order valence-corrected chi connectivity index (χ2v) is 3.40. The van der Waals surface area contributed by atoms with Gasteiger partial charge in [-0.1, -0.05) is 43.0 Å². The molecular weight excluding hydrogens is 164 g/mol. The van der Waals surface area contributed by atoms with E-state index in [0.717, 1.165) is 4.90 Å². The molecule has 0 aliphatic carbocycles. The largest absolute Gasteiger partial charge is 0.0798 e. The summed E-state index contributed by atoms with van der Waals surface area (Å²) >= 11 is 5.18. The molecule has 12 heavy (non-hydrogen) atoms. The SMILES string of the molecule is Cc1cc2ccccc2cc1[S]. The summed E-state index contributed by atoms with van der Waals surface area (Å²) in [6.45, 7) is 2.05. The molecule has 0 aliphatic rings. The molecule has 0 aliphatic heterocycles. The van der Waals surface area contributed by atoms with Gasteiger partial charge in [0.1, 0.15) is 0 Å². The van der Waals surface area contributed by atoms with E-state index in [1.54, 1.807) is 0 Å². The second kappa shape index (κ2) is 2.76. The van der Waals surface area contributed by atoms with Crippen LogP contribution >= 0.6 is 12.6 Å². The monoisotopic (exact) mass is 173 g/mol. The minimum absolute atomic E-state index is 0.953. The van der Waals surface area contributed by atoms with E-state index in [1.807, 2.05) is 12.1 Å². The maximum absolute atomic E-state index is 5.18. The lowest BCUT2D eigenvalue weighted by molar-refractivity contribution is 1.34. The van der Waals surface area contributed by atoms with Crippen molar-refractivity contribution in [1.29, 1.82) is 0 Å². The summed E-state index contributed by atoms with van der Waals surface area (Å²) in [6, 6.07) is 12.5. The van der Waals surface area contributed by atoms with Crippen LogP contribution in [0.1, 0.15) is 5.56 Å². The summed E-state index contributed by atoms with van der Waals surface area (Å²) in [7, 11) is 0. The quantitative estimate of drug-likeness (QED) is 0.569. The van der Waals surface area contributed by atoms with E-state index in [2.05, 4.69) is 31.2 Å². The van der Waals surface area contributed by atoms with Crippen LogP contribution in [0.2, 0.25) is 0 Å². The van der Waals surface area contributed by atoms with Crippen molar-refractivity contribution >= 4 is 23.4 Å². The number of hydrogen-bond donors (Lipinski definition) is 0. The van der Waals surface area contributed by atoms with Crippen molar-refractivity contribution in [1.82, 2.24) is 0 Å². The van der Waals surface area contributed by atoms with Gasteiger partial charge in [-0.3, -0.25) is 0 Å². The van der Waals surface area contributed by atoms with Gasteiger partial charge in [0.25, 0.3) is 0 Å². The Kier molecular flexibility index (Phi) is 1.74. The van der Waals surface area contributed by atoms with Crippen molar-refractivity contribution in [3.05, 3.63) is 42.0 Å². The summed E-state index contributed by atoms with van der Waals surface area (Å²) < 4.78 is 0. The molecule has 0 saturated carbocycles. The number of hydrogen-bond acceptors (Lipinski definition) is 0. The number of aryl methyl sites for hydroxylation is 1. The smallest absolute Gasteiger partial charge is 0.0412 e. The van der Waals surface area contributed by atoms with Crippen molar-refractivity contribution in [3.8, 4) is 0 Å². The maximum atomic E-state index is 5.18. The fourth-order valence-electron chi connectivity index (χ4n) is 1.33. The van der Waals surface area contributed by atoms with Gasteiger partial charge in [0, 0.05) is 4.90 Å². The van der Waals surface area contributed by atoms with Crippen molar-refractivity contribution in [2.24, 2.45) is 0 Å². The average Bonchev–Trinajstić information content (AvgIpc) is 2.07. The first-order valence-electron chi connectivity index (χ1n) is 3.94. The Morgan fingerprint density at radius 2 is 1.58 bits per heavy atom. The zero-order chi connectivity index (χ0) is 8.55. The average molecular weight is 173 g/mol. The van der Waals surface area contributed by atoms with Gasteiger partial charge in [-0.25, -0.2) is 0 Å². The van der Waals surface area contributed by atoms with Crippen LogP contribution in [0.25, 0.3) is 10.8 Å². The van der Waals surface area contributed by atoms with Crippen LogP contribution in [0.4, 0.5) is 0 Å². The third-order valence-corrected chi connectivity index (χ3v) is 2.48. The highest BCUT2D eigenvalue weighted by molar-refractivity contribution is 7.80. The van der Waals surface area contributed by atoms with Crippen LogP contribution in [0, 0.1) is 6.92 Å². The highest BCUT2D eigenvalue weighted by Crippen LogP contribution is 2.21. The molecule has 0 saturated heterocycles. The van der Waals surface area contributed by atoms with E-state index >= 15 is 0 Å². The number of fused-ring (bicyclic) bond motifs is 1. The lowest BCUT2D eigenvalue weighted by atomic mass is 10.1. The van der Waals surface area contributed by atoms with E-state index < -0.39 is 0 Å². The zero-order valence-corrected chi connectivity index (χ0v) is 7.69. The van der Waals surface area contributed by atoms with Gasteiger partial charge in [0.05, 0.1) is 0 Å². The molecule has 0 heterocycles. The van der Waals surface area contributed by atoms with Gasteiger partial charge in [-0.05, 0) is 29.3 Å². The van der Waals surface area contributed by atoms with Crippen LogP contribution in [0.15, 0.2) is 41.3 Å². The molecule has 0 fully saturated rings. The lowest BCUT2D eigenvalue weighted by Crippen LogP contribution is -1.77. The van der Waals surface area contributed by atoms with Gasteiger partial charge >= 0.3 is 0 Å². The Labute approximate surface area is 77.6 Å². The molecule has 2 rings (SSSR count). The van der Waals surface area contributed by atoms with Crippen LogP contribution in [0.5, 0.6) is 0 Å². The zero-order valence-electron chi connectivity index (χ0n) is 6.87. The third-order valence-electron chi connectivity index (χ3n) is 2.04. The molecule has 0 unspecified atom stereocenters. The maximum Gasteiger partial charge on any atom is 0.0412 e. The van der Waals surface area contributed by atoms with E-state index in [0.29, 0.717) is 0 Å². The van der Waals surface area contributed by atoms with Gasteiger partial charge in [-0.15, -0.1) is 0 Å². The summed E-state index contributed by atoms with van der Waals surface area (Å²) in [4.78, 5) is 0.953. The normalized spacial score (nSPS) is 10.4. The van der Waals surface area contributed by atoms with E-state index in [1.165, 1.54) is 16.3 Å². The molecule has 0 amide bonds. The molecule has 2 aromatic carbocycles. The highest BCUT2D eigenvalue weighted by Gasteiger charge is 1.96. The van der Waals surface area contributed by atoms with Crippen molar-refractivity contribution in [3.63, 3.8) is 0 Å². The Hall–Kier alpha value is -1.08. The van der Waals surface area contributed by atoms with E-state index in [9.17, 15) is 0 Å². The van der Waals surface area contributed by atoms with Crippen LogP contribution in [0.3, 0.4) is 0 Å². The molecule has 0 aromatic heterocycles. The summed E-state index contributed by atoms with van der Waals surface area (Å²) in [5.74, 6) is 0. The Bertz CT molecular complexity index is 378. The van der Waals surface area contributed by atoms with E-state index in [4.69, 9.17) is 12.6 Å². The Morgan fingerprint density at radius 1 is 1.00 bits per heavy atom. The number of benzene rings is 2. The highest BCUT2D eigenvalue weighted by atomic mass is 32.1. The summed E-state index contributed by atoms with van der Waals surface area (Å²) in [6.07, 6.45) is 0. The molecule has 0 atom stereocenters. The summed E-state index contributed by atoms with van der Waals surface area (Å²) in [5, 5.41) is 2.50. The standard InChI is InChI=1S/C11H9S/c1-8-6-9-4-2-3-5-10(9)7-11(8)12/h2-7H,1H3. The van der Waals surface area contributed by atoms with E-state index in [-0.39, 0.29) is 0 Å². The predicted octanol–water partition coefficient (Wildman–Crippen LogP) is 3.70. The molecule has 59 valence electrons. The van der Waals surface area contributed by atoms with Crippen LogP contribution in [-0.4, -0.2) is 0 Å². The van der Waals surface area contributed by atoms with Crippen molar-refractivity contribution in [2.45, 2.75) is 11.8 Å². The molecule has 0 nitrogen and oxygen atoms in total. The van der Waals surface area contributed by atoms with Gasteiger partial charge in [0.15, 0.2) is 0 Å². The topological polar surface area (TPSA) is 0 Å². The van der Waals surface area contributed by atoms with Gasteiger partial charge in [-0.2, -0.15) is 0 Å². The Balaban J connectivity index is 2.84. The minimum atomic E-state index is 0.953.